The number of aromatic nitrogens is 3. The lowest BCUT2D eigenvalue weighted by Gasteiger charge is -2.22. The van der Waals surface area contributed by atoms with E-state index in [-0.39, 0.29) is 0 Å². The second-order valence-corrected chi connectivity index (χ2v) is 7.08. The minimum Gasteiger partial charge on any atom is -0.341 e. The summed E-state index contributed by atoms with van der Waals surface area (Å²) in [5.41, 5.74) is 6.53. The summed E-state index contributed by atoms with van der Waals surface area (Å²) in [6, 6.07) is 11.0. The predicted octanol–water partition coefficient (Wildman–Crippen LogP) is 3.73. The van der Waals surface area contributed by atoms with Gasteiger partial charge in [0, 0.05) is 19.3 Å². The molecule has 1 N–H and O–H groups in total. The lowest BCUT2D eigenvalue weighted by atomic mass is 10.2. The third-order valence-corrected chi connectivity index (χ3v) is 5.46. The third-order valence-electron chi connectivity index (χ3n) is 5.46. The molecule has 1 aliphatic heterocycles. The van der Waals surface area contributed by atoms with Gasteiger partial charge in [-0.25, -0.2) is 4.98 Å². The number of fused-ring (bicyclic) bond motifs is 1. The van der Waals surface area contributed by atoms with E-state index in [9.17, 15) is 5.26 Å². The molecule has 3 heterocycles. The van der Waals surface area contributed by atoms with E-state index in [1.165, 1.54) is 23.2 Å². The maximum atomic E-state index is 9.25. The topological polar surface area (TPSA) is 60.6 Å². The number of hydrogen-bond donors (Lipinski definition) is 1. The fourth-order valence-electron chi connectivity index (χ4n) is 3.87. The number of rotatable bonds is 3. The van der Waals surface area contributed by atoms with Crippen LogP contribution in [0, 0.1) is 25.2 Å². The van der Waals surface area contributed by atoms with Crippen LogP contribution in [0.25, 0.3) is 11.0 Å². The molecule has 3 aromatic rings. The molecule has 5 heteroatoms. The van der Waals surface area contributed by atoms with E-state index in [0.717, 1.165) is 42.1 Å². The van der Waals surface area contributed by atoms with Crippen molar-refractivity contribution in [2.75, 3.05) is 6.54 Å². The number of nitrogens with one attached hydrogen (secondary N) is 1. The summed E-state index contributed by atoms with van der Waals surface area (Å²) in [5, 5.41) is 9.25. The average molecular weight is 333 g/mol. The maximum absolute atomic E-state index is 9.25. The van der Waals surface area contributed by atoms with Gasteiger partial charge in [-0.15, -0.1) is 0 Å². The average Bonchev–Trinajstić information content (AvgIpc) is 3.28. The molecule has 0 aliphatic carbocycles. The van der Waals surface area contributed by atoms with Gasteiger partial charge in [0.05, 0.1) is 17.1 Å². The second kappa shape index (κ2) is 6.05. The number of aromatic amines is 1. The summed E-state index contributed by atoms with van der Waals surface area (Å²) in [7, 11) is 1.96. The quantitative estimate of drug-likeness (QED) is 0.794. The van der Waals surface area contributed by atoms with E-state index in [1.807, 2.05) is 17.7 Å². The SMILES string of the molecule is Cc1ccc2nc(C3CCCN3Cc3cc(C#N)n(C)c3C)[nH]c2c1. The van der Waals surface area contributed by atoms with Crippen molar-refractivity contribution in [1.29, 1.82) is 5.26 Å². The Morgan fingerprint density at radius 2 is 2.16 bits per heavy atom. The molecule has 4 rings (SSSR count). The van der Waals surface area contributed by atoms with Crippen molar-refractivity contribution in [1.82, 2.24) is 19.4 Å². The predicted molar refractivity (Wildman–Crippen MR) is 98.1 cm³/mol. The molecule has 0 radical (unpaired) electrons. The number of nitriles is 1. The van der Waals surface area contributed by atoms with E-state index < -0.39 is 0 Å². The van der Waals surface area contributed by atoms with Crippen molar-refractivity contribution < 1.29 is 0 Å². The Morgan fingerprint density at radius 1 is 1.32 bits per heavy atom. The van der Waals surface area contributed by atoms with Crippen LogP contribution in [-0.2, 0) is 13.6 Å². The van der Waals surface area contributed by atoms with Gasteiger partial charge in [-0.1, -0.05) is 6.07 Å². The Bertz CT molecular complexity index is 972. The molecule has 1 fully saturated rings. The number of benzene rings is 1. The minimum absolute atomic E-state index is 0.317. The van der Waals surface area contributed by atoms with Crippen LogP contribution in [0.2, 0.25) is 0 Å². The molecule has 0 amide bonds. The number of nitrogens with zero attached hydrogens (tertiary/aromatic N) is 4. The third kappa shape index (κ3) is 2.73. The highest BCUT2D eigenvalue weighted by molar-refractivity contribution is 5.75. The van der Waals surface area contributed by atoms with Gasteiger partial charge in [0.2, 0.25) is 0 Å². The van der Waals surface area contributed by atoms with Gasteiger partial charge in [-0.3, -0.25) is 4.90 Å². The standard InChI is InChI=1S/C20H23N5/c1-13-6-7-17-18(9-13)23-20(22-17)19-5-4-8-25(19)12-15-10-16(11-21)24(3)14(15)2/h6-7,9-10,19H,4-5,8,12H2,1-3H3,(H,22,23). The summed E-state index contributed by atoms with van der Waals surface area (Å²) in [5.74, 6) is 1.06. The highest BCUT2D eigenvalue weighted by Crippen LogP contribution is 2.33. The Morgan fingerprint density at radius 3 is 2.92 bits per heavy atom. The molecule has 25 heavy (non-hydrogen) atoms. The van der Waals surface area contributed by atoms with Gasteiger partial charge in [-0.05, 0) is 62.6 Å². The van der Waals surface area contributed by atoms with Gasteiger partial charge < -0.3 is 9.55 Å². The Labute approximate surface area is 147 Å². The number of likely N-dealkylation sites (tertiary alicyclic amines) is 1. The molecule has 1 saturated heterocycles. The fraction of sp³-hybridized carbons (Fsp3) is 0.400. The first-order chi connectivity index (χ1) is 12.1. The van der Waals surface area contributed by atoms with Crippen molar-refractivity contribution >= 4 is 11.0 Å². The Hall–Kier alpha value is -2.58. The number of imidazole rings is 1. The molecule has 1 unspecified atom stereocenters. The van der Waals surface area contributed by atoms with Crippen LogP contribution in [0.5, 0.6) is 0 Å². The normalized spacial score (nSPS) is 18.1. The minimum atomic E-state index is 0.317. The van der Waals surface area contributed by atoms with Crippen molar-refractivity contribution in [3.63, 3.8) is 0 Å². The molecule has 0 bridgehead atoms. The molecule has 0 spiro atoms. The molecule has 1 aliphatic rings. The molecular weight excluding hydrogens is 310 g/mol. The summed E-state index contributed by atoms with van der Waals surface area (Å²) >= 11 is 0. The van der Waals surface area contributed by atoms with Crippen molar-refractivity contribution in [3.05, 3.63) is 52.6 Å². The van der Waals surface area contributed by atoms with E-state index in [1.54, 1.807) is 0 Å². The lowest BCUT2D eigenvalue weighted by molar-refractivity contribution is 0.240. The first kappa shape index (κ1) is 15.9. The number of H-pyrrole nitrogens is 1. The smallest absolute Gasteiger partial charge is 0.124 e. The monoisotopic (exact) mass is 333 g/mol. The molecule has 2 aromatic heterocycles. The van der Waals surface area contributed by atoms with Gasteiger partial charge >= 0.3 is 0 Å². The van der Waals surface area contributed by atoms with Gasteiger partial charge in [0.15, 0.2) is 0 Å². The van der Waals surface area contributed by atoms with Crippen LogP contribution in [-0.4, -0.2) is 26.0 Å². The van der Waals surface area contributed by atoms with Crippen molar-refractivity contribution in [2.24, 2.45) is 7.05 Å². The first-order valence-corrected chi connectivity index (χ1v) is 8.82. The first-order valence-electron chi connectivity index (χ1n) is 8.82. The van der Waals surface area contributed by atoms with Crippen LogP contribution in [0.15, 0.2) is 24.3 Å². The maximum Gasteiger partial charge on any atom is 0.124 e. The highest BCUT2D eigenvalue weighted by Gasteiger charge is 2.29. The van der Waals surface area contributed by atoms with Crippen molar-refractivity contribution in [2.45, 2.75) is 39.3 Å². The molecule has 5 nitrogen and oxygen atoms in total. The molecular formula is C20H23N5. The number of hydrogen-bond acceptors (Lipinski definition) is 3. The Balaban J connectivity index is 1.63. The summed E-state index contributed by atoms with van der Waals surface area (Å²) in [6.45, 7) is 6.12. The van der Waals surface area contributed by atoms with E-state index in [0.29, 0.717) is 6.04 Å². The van der Waals surface area contributed by atoms with Crippen LogP contribution < -0.4 is 0 Å². The largest absolute Gasteiger partial charge is 0.341 e. The summed E-state index contributed by atoms with van der Waals surface area (Å²) < 4.78 is 1.98. The molecule has 128 valence electrons. The van der Waals surface area contributed by atoms with Gasteiger partial charge in [0.25, 0.3) is 0 Å². The zero-order valence-corrected chi connectivity index (χ0v) is 15.0. The van der Waals surface area contributed by atoms with Crippen LogP contribution in [0.1, 0.15) is 47.2 Å². The summed E-state index contributed by atoms with van der Waals surface area (Å²) in [4.78, 5) is 10.8. The van der Waals surface area contributed by atoms with Gasteiger partial charge in [0.1, 0.15) is 17.6 Å². The van der Waals surface area contributed by atoms with Gasteiger partial charge in [-0.2, -0.15) is 5.26 Å². The van der Waals surface area contributed by atoms with Crippen LogP contribution in [0.3, 0.4) is 0 Å². The van der Waals surface area contributed by atoms with Crippen LogP contribution >= 0.6 is 0 Å². The lowest BCUT2D eigenvalue weighted by Crippen LogP contribution is -2.23. The summed E-state index contributed by atoms with van der Waals surface area (Å²) in [6.07, 6.45) is 2.30. The molecule has 1 aromatic carbocycles. The zero-order chi connectivity index (χ0) is 17.6. The Kier molecular flexibility index (Phi) is 3.85. The van der Waals surface area contributed by atoms with E-state index in [2.05, 4.69) is 48.0 Å². The highest BCUT2D eigenvalue weighted by atomic mass is 15.2. The zero-order valence-electron chi connectivity index (χ0n) is 15.0. The van der Waals surface area contributed by atoms with E-state index >= 15 is 0 Å². The fourth-order valence-corrected chi connectivity index (χ4v) is 3.87. The molecule has 1 atom stereocenters. The number of aryl methyl sites for hydroxylation is 1. The molecule has 0 saturated carbocycles. The van der Waals surface area contributed by atoms with E-state index in [4.69, 9.17) is 4.98 Å². The van der Waals surface area contributed by atoms with Crippen LogP contribution in [0.4, 0.5) is 0 Å². The van der Waals surface area contributed by atoms with Crippen molar-refractivity contribution in [3.8, 4) is 6.07 Å². The second-order valence-electron chi connectivity index (χ2n) is 7.08.